The van der Waals surface area contributed by atoms with E-state index in [0.29, 0.717) is 0 Å². The topological polar surface area (TPSA) is 15.6 Å². The maximum Gasteiger partial charge on any atom is 0.0950 e. The Balaban J connectivity index is 2.12. The minimum Gasteiger partial charge on any atom is -0.305 e. The monoisotopic (exact) mass is 142 g/mol. The third kappa shape index (κ3) is 2.10. The Morgan fingerprint density at radius 2 is 2.78 bits per heavy atom. The average molecular weight is 142 g/mol. The summed E-state index contributed by atoms with van der Waals surface area (Å²) in [5.74, 6) is 0.978. The van der Waals surface area contributed by atoms with Crippen molar-refractivity contribution in [1.82, 2.24) is 4.31 Å². The Bertz CT molecular complexity index is 122. The van der Waals surface area contributed by atoms with Gasteiger partial charge < -0.3 is 4.31 Å². The lowest BCUT2D eigenvalue weighted by Gasteiger charge is -2.08. The van der Waals surface area contributed by atoms with Crippen LogP contribution >= 0.6 is 11.9 Å². The quantitative estimate of drug-likeness (QED) is 0.434. The van der Waals surface area contributed by atoms with E-state index in [2.05, 4.69) is 15.9 Å². The van der Waals surface area contributed by atoms with E-state index in [-0.39, 0.29) is 0 Å². The fraction of sp³-hybridized carbons (Fsp3) is 0.500. The molecule has 9 heavy (non-hydrogen) atoms. The number of rotatable bonds is 3. The van der Waals surface area contributed by atoms with Gasteiger partial charge in [-0.15, -0.1) is 6.58 Å². The molecular weight excluding hydrogens is 132 g/mol. The molecule has 2 nitrogen and oxygen atoms in total. The summed E-state index contributed by atoms with van der Waals surface area (Å²) in [6.45, 7) is 5.63. The van der Waals surface area contributed by atoms with Gasteiger partial charge in [-0.3, -0.25) is 4.99 Å². The van der Waals surface area contributed by atoms with Gasteiger partial charge in [0.2, 0.25) is 0 Å². The fourth-order valence-corrected chi connectivity index (χ4v) is 1.25. The van der Waals surface area contributed by atoms with Gasteiger partial charge in [-0.2, -0.15) is 0 Å². The molecule has 0 unspecified atom stereocenters. The maximum atomic E-state index is 4.06. The average Bonchev–Trinajstić information content (AvgIpc) is 2.34. The lowest BCUT2D eigenvalue weighted by Crippen LogP contribution is -2.09. The van der Waals surface area contributed by atoms with E-state index >= 15 is 0 Å². The van der Waals surface area contributed by atoms with Crippen LogP contribution in [0.15, 0.2) is 17.6 Å². The lowest BCUT2D eigenvalue weighted by atomic mass is 10.7. The largest absolute Gasteiger partial charge is 0.305 e. The van der Waals surface area contributed by atoms with Gasteiger partial charge in [0.1, 0.15) is 0 Å². The maximum absolute atomic E-state index is 4.06. The second kappa shape index (κ2) is 3.56. The molecule has 0 amide bonds. The van der Waals surface area contributed by atoms with Crippen molar-refractivity contribution in [2.24, 2.45) is 4.99 Å². The van der Waals surface area contributed by atoms with Crippen LogP contribution in [-0.4, -0.2) is 29.5 Å². The van der Waals surface area contributed by atoms with Gasteiger partial charge in [0.05, 0.1) is 19.4 Å². The zero-order chi connectivity index (χ0) is 6.53. The van der Waals surface area contributed by atoms with Crippen LogP contribution in [0.3, 0.4) is 0 Å². The van der Waals surface area contributed by atoms with E-state index in [4.69, 9.17) is 0 Å². The van der Waals surface area contributed by atoms with Crippen LogP contribution in [0.5, 0.6) is 0 Å². The highest BCUT2D eigenvalue weighted by atomic mass is 32.2. The van der Waals surface area contributed by atoms with Crippen molar-refractivity contribution in [3.05, 3.63) is 12.7 Å². The number of hydrogen-bond donors (Lipinski definition) is 0. The Morgan fingerprint density at radius 1 is 1.89 bits per heavy atom. The van der Waals surface area contributed by atoms with Gasteiger partial charge >= 0.3 is 0 Å². The Labute approximate surface area is 59.8 Å². The second-order valence-corrected chi connectivity index (χ2v) is 2.81. The highest BCUT2D eigenvalue weighted by Crippen LogP contribution is 2.09. The van der Waals surface area contributed by atoms with Gasteiger partial charge in [0.25, 0.3) is 0 Å². The number of aliphatic imine (C=N–C) groups is 1. The second-order valence-electron chi connectivity index (χ2n) is 1.75. The van der Waals surface area contributed by atoms with Crippen LogP contribution in [0.25, 0.3) is 0 Å². The number of nitrogens with zero attached hydrogens (tertiary/aromatic N) is 2. The molecule has 0 N–H and O–H groups in total. The van der Waals surface area contributed by atoms with Crippen LogP contribution in [0.4, 0.5) is 0 Å². The summed E-state index contributed by atoms with van der Waals surface area (Å²) in [6, 6.07) is 0. The van der Waals surface area contributed by atoms with Gasteiger partial charge in [0, 0.05) is 5.75 Å². The minimum absolute atomic E-state index is 0.949. The molecule has 0 aliphatic carbocycles. The fourth-order valence-electron chi connectivity index (χ4n) is 0.609. The van der Waals surface area contributed by atoms with E-state index in [1.54, 1.807) is 11.9 Å². The zero-order valence-corrected chi connectivity index (χ0v) is 6.10. The van der Waals surface area contributed by atoms with Gasteiger partial charge in [-0.05, 0) is 11.9 Å². The van der Waals surface area contributed by atoms with Crippen molar-refractivity contribution in [2.45, 2.75) is 0 Å². The first kappa shape index (κ1) is 6.68. The summed E-state index contributed by atoms with van der Waals surface area (Å²) in [5, 5.41) is 0. The molecule has 1 heterocycles. The van der Waals surface area contributed by atoms with E-state index in [0.717, 1.165) is 18.8 Å². The van der Waals surface area contributed by atoms with Crippen LogP contribution in [0.1, 0.15) is 0 Å². The normalized spacial score (nSPS) is 16.7. The van der Waals surface area contributed by atoms with E-state index in [9.17, 15) is 0 Å². The molecule has 3 heteroatoms. The van der Waals surface area contributed by atoms with Crippen molar-refractivity contribution in [2.75, 3.05) is 18.8 Å². The Morgan fingerprint density at radius 3 is 3.33 bits per heavy atom. The van der Waals surface area contributed by atoms with Gasteiger partial charge in [-0.1, -0.05) is 6.08 Å². The molecule has 0 aromatic carbocycles. The molecule has 0 saturated carbocycles. The summed E-state index contributed by atoms with van der Waals surface area (Å²) < 4.78 is 2.13. The molecule has 0 radical (unpaired) electrons. The van der Waals surface area contributed by atoms with E-state index < -0.39 is 0 Å². The molecule has 1 rings (SSSR count). The van der Waals surface area contributed by atoms with Crippen molar-refractivity contribution in [3.8, 4) is 0 Å². The Hall–Kier alpha value is -0.440. The molecular formula is C6H10N2S. The van der Waals surface area contributed by atoms with Crippen LogP contribution in [0.2, 0.25) is 0 Å². The Kier molecular flexibility index (Phi) is 2.64. The van der Waals surface area contributed by atoms with Gasteiger partial charge in [-0.25, -0.2) is 0 Å². The summed E-state index contributed by atoms with van der Waals surface area (Å²) in [7, 11) is 0. The standard InChI is InChI=1S/C6H10N2S/c1-2-5-9-8-4-3-7-6-8/h2,6H,1,3-5H2. The summed E-state index contributed by atoms with van der Waals surface area (Å²) in [5.41, 5.74) is 0. The highest BCUT2D eigenvalue weighted by Gasteiger charge is 2.02. The molecule has 0 atom stereocenters. The lowest BCUT2D eigenvalue weighted by molar-refractivity contribution is 0.749. The van der Waals surface area contributed by atoms with Crippen LogP contribution < -0.4 is 0 Å². The predicted octanol–water partition coefficient (Wildman–Crippen LogP) is 1.16. The molecule has 1 aliphatic heterocycles. The third-order valence-electron chi connectivity index (χ3n) is 1.02. The van der Waals surface area contributed by atoms with Crippen molar-refractivity contribution >= 4 is 18.3 Å². The SMILES string of the molecule is C=CCSN1C=NCC1. The van der Waals surface area contributed by atoms with Crippen molar-refractivity contribution < 1.29 is 0 Å². The third-order valence-corrected chi connectivity index (χ3v) is 2.01. The summed E-state index contributed by atoms with van der Waals surface area (Å²) in [6.07, 6.45) is 3.78. The van der Waals surface area contributed by atoms with Crippen molar-refractivity contribution in [3.63, 3.8) is 0 Å². The van der Waals surface area contributed by atoms with Crippen molar-refractivity contribution in [1.29, 1.82) is 0 Å². The van der Waals surface area contributed by atoms with Crippen LogP contribution in [0, 0.1) is 0 Å². The molecule has 1 aliphatic rings. The zero-order valence-electron chi connectivity index (χ0n) is 5.29. The van der Waals surface area contributed by atoms with E-state index in [1.165, 1.54) is 0 Å². The summed E-state index contributed by atoms with van der Waals surface area (Å²) in [4.78, 5) is 4.06. The molecule has 50 valence electrons. The molecule has 0 aromatic heterocycles. The highest BCUT2D eigenvalue weighted by molar-refractivity contribution is 7.97. The molecule has 0 spiro atoms. The first-order valence-electron chi connectivity index (χ1n) is 2.94. The minimum atomic E-state index is 0.949. The number of hydrogen-bond acceptors (Lipinski definition) is 3. The van der Waals surface area contributed by atoms with Crippen LogP contribution in [-0.2, 0) is 0 Å². The first-order valence-corrected chi connectivity index (χ1v) is 3.88. The smallest absolute Gasteiger partial charge is 0.0950 e. The molecule has 0 bridgehead atoms. The molecule has 0 fully saturated rings. The molecule has 0 saturated heterocycles. The first-order chi connectivity index (χ1) is 4.43. The van der Waals surface area contributed by atoms with E-state index in [1.807, 2.05) is 12.4 Å². The summed E-state index contributed by atoms with van der Waals surface area (Å²) >= 11 is 1.75. The predicted molar refractivity (Wildman–Crippen MR) is 42.7 cm³/mol. The van der Waals surface area contributed by atoms with Gasteiger partial charge in [0.15, 0.2) is 0 Å². The molecule has 0 aromatic rings.